The maximum absolute atomic E-state index is 11.5. The number of esters is 1. The molecular weight excluding hydrogens is 194 g/mol. The van der Waals surface area contributed by atoms with E-state index in [-0.39, 0.29) is 11.5 Å². The summed E-state index contributed by atoms with van der Waals surface area (Å²) in [6.07, 6.45) is 5.05. The number of rotatable bonds is 1. The van der Waals surface area contributed by atoms with Gasteiger partial charge in [0, 0.05) is 11.8 Å². The Balaban J connectivity index is 2.57. The number of pyridine rings is 1. The Kier molecular flexibility index (Phi) is 2.58. The van der Waals surface area contributed by atoms with E-state index in [4.69, 9.17) is 0 Å². The van der Waals surface area contributed by atoms with Crippen LogP contribution < -0.4 is 5.56 Å². The van der Waals surface area contributed by atoms with Crippen LogP contribution in [-0.2, 0) is 17.6 Å². The zero-order valence-corrected chi connectivity index (χ0v) is 8.63. The van der Waals surface area contributed by atoms with Crippen molar-refractivity contribution in [3.05, 3.63) is 33.2 Å². The summed E-state index contributed by atoms with van der Waals surface area (Å²) in [7, 11) is 1.35. The lowest BCUT2D eigenvalue weighted by atomic mass is 9.90. The Morgan fingerprint density at radius 2 is 2.00 bits per heavy atom. The highest BCUT2D eigenvalue weighted by molar-refractivity contribution is 5.91. The minimum Gasteiger partial charge on any atom is -0.465 e. The molecule has 0 fully saturated rings. The lowest BCUT2D eigenvalue weighted by molar-refractivity contribution is 0.0598. The van der Waals surface area contributed by atoms with Gasteiger partial charge in [0.15, 0.2) is 0 Å². The Morgan fingerprint density at radius 3 is 2.67 bits per heavy atom. The molecular formula is C11H13NO3. The van der Waals surface area contributed by atoms with E-state index < -0.39 is 0 Å². The van der Waals surface area contributed by atoms with E-state index in [1.54, 1.807) is 0 Å². The predicted molar refractivity (Wildman–Crippen MR) is 55.0 cm³/mol. The summed E-state index contributed by atoms with van der Waals surface area (Å²) in [5.41, 5.74) is 2.06. The van der Waals surface area contributed by atoms with Gasteiger partial charge in [-0.3, -0.25) is 4.79 Å². The number of ether oxygens (including phenoxy) is 1. The highest BCUT2D eigenvalue weighted by Crippen LogP contribution is 2.21. The molecule has 0 amide bonds. The smallest absolute Gasteiger partial charge is 0.339 e. The second kappa shape index (κ2) is 3.88. The molecule has 1 heterocycles. The molecule has 0 saturated heterocycles. The quantitative estimate of drug-likeness (QED) is 0.700. The number of carbonyl (C=O) groups excluding carboxylic acids is 1. The van der Waals surface area contributed by atoms with E-state index in [1.807, 2.05) is 0 Å². The summed E-state index contributed by atoms with van der Waals surface area (Å²) in [5.74, 6) is -0.371. The highest BCUT2D eigenvalue weighted by Gasteiger charge is 2.20. The average Bonchev–Trinajstić information content (AvgIpc) is 2.29. The van der Waals surface area contributed by atoms with Crippen molar-refractivity contribution < 1.29 is 9.53 Å². The van der Waals surface area contributed by atoms with Crippen LogP contribution in [0.1, 0.15) is 34.3 Å². The number of carbonyl (C=O) groups is 1. The van der Waals surface area contributed by atoms with Crippen molar-refractivity contribution in [1.82, 2.24) is 4.98 Å². The largest absolute Gasteiger partial charge is 0.465 e. The van der Waals surface area contributed by atoms with Crippen LogP contribution >= 0.6 is 0 Å². The molecule has 0 aromatic carbocycles. The summed E-state index contributed by atoms with van der Waals surface area (Å²) in [5, 5.41) is 0. The molecule has 0 bridgehead atoms. The van der Waals surface area contributed by atoms with Crippen LogP contribution in [-0.4, -0.2) is 18.1 Å². The van der Waals surface area contributed by atoms with Gasteiger partial charge in [-0.1, -0.05) is 0 Å². The predicted octanol–water partition coefficient (Wildman–Crippen LogP) is 1.04. The molecule has 1 aliphatic rings. The third-order valence-corrected chi connectivity index (χ3v) is 2.82. The van der Waals surface area contributed by atoms with Crippen molar-refractivity contribution >= 4 is 5.97 Å². The minimum absolute atomic E-state index is 0.0719. The van der Waals surface area contributed by atoms with Crippen molar-refractivity contribution in [2.24, 2.45) is 0 Å². The van der Waals surface area contributed by atoms with Gasteiger partial charge >= 0.3 is 5.97 Å². The van der Waals surface area contributed by atoms with Crippen molar-refractivity contribution in [3.63, 3.8) is 0 Å². The van der Waals surface area contributed by atoms with Gasteiger partial charge in [-0.25, -0.2) is 4.79 Å². The maximum atomic E-state index is 11.5. The average molecular weight is 207 g/mol. The molecule has 1 aliphatic carbocycles. The summed E-state index contributed by atoms with van der Waals surface area (Å²) in [4.78, 5) is 25.6. The zero-order chi connectivity index (χ0) is 10.8. The van der Waals surface area contributed by atoms with Crippen LogP contribution in [0, 0.1) is 0 Å². The molecule has 0 atom stereocenters. The molecule has 0 unspecified atom stereocenters. The maximum Gasteiger partial charge on any atom is 0.339 e. The van der Waals surface area contributed by atoms with Gasteiger partial charge in [-0.2, -0.15) is 0 Å². The second-order valence-corrected chi connectivity index (χ2v) is 3.69. The molecule has 2 rings (SSSR count). The van der Waals surface area contributed by atoms with Crippen molar-refractivity contribution in [1.29, 1.82) is 0 Å². The first-order chi connectivity index (χ1) is 7.24. The third-order valence-electron chi connectivity index (χ3n) is 2.82. The Bertz CT molecular complexity index is 448. The number of fused-ring (bicyclic) bond motifs is 1. The lowest BCUT2D eigenvalue weighted by Crippen LogP contribution is -2.22. The fourth-order valence-corrected chi connectivity index (χ4v) is 2.06. The van der Waals surface area contributed by atoms with E-state index in [9.17, 15) is 9.59 Å². The summed E-state index contributed by atoms with van der Waals surface area (Å²) in [6.45, 7) is 0. The monoisotopic (exact) mass is 207 g/mol. The molecule has 4 nitrogen and oxygen atoms in total. The first kappa shape index (κ1) is 9.96. The Morgan fingerprint density at radius 1 is 1.33 bits per heavy atom. The standard InChI is InChI=1S/C11H13NO3/c1-15-11(14)9-6-12-10(13)8-5-3-2-4-7(8)9/h6H,2-5H2,1H3,(H,12,13). The SMILES string of the molecule is COC(=O)c1c[nH]c(=O)c2c1CCCC2. The van der Waals surface area contributed by atoms with E-state index in [2.05, 4.69) is 9.72 Å². The van der Waals surface area contributed by atoms with Gasteiger partial charge in [0.05, 0.1) is 12.7 Å². The van der Waals surface area contributed by atoms with E-state index in [0.29, 0.717) is 5.56 Å². The van der Waals surface area contributed by atoms with Crippen LogP contribution in [0.15, 0.2) is 11.0 Å². The van der Waals surface area contributed by atoms with Gasteiger partial charge in [-0.05, 0) is 31.2 Å². The zero-order valence-electron chi connectivity index (χ0n) is 8.63. The molecule has 0 spiro atoms. The molecule has 1 aromatic heterocycles. The molecule has 0 saturated carbocycles. The number of H-pyrrole nitrogens is 1. The van der Waals surface area contributed by atoms with E-state index in [0.717, 1.165) is 36.8 Å². The van der Waals surface area contributed by atoms with Crippen LogP contribution in [0.3, 0.4) is 0 Å². The summed E-state index contributed by atoms with van der Waals surface area (Å²) < 4.78 is 4.68. The number of aromatic amines is 1. The normalized spacial score (nSPS) is 14.5. The molecule has 0 aliphatic heterocycles. The van der Waals surface area contributed by atoms with Gasteiger partial charge < -0.3 is 9.72 Å². The van der Waals surface area contributed by atoms with E-state index >= 15 is 0 Å². The third kappa shape index (κ3) is 1.67. The molecule has 15 heavy (non-hydrogen) atoms. The molecule has 80 valence electrons. The molecule has 4 heteroatoms. The first-order valence-corrected chi connectivity index (χ1v) is 5.06. The number of methoxy groups -OCH3 is 1. The number of hydrogen-bond acceptors (Lipinski definition) is 3. The molecule has 1 N–H and O–H groups in total. The minimum atomic E-state index is -0.371. The first-order valence-electron chi connectivity index (χ1n) is 5.06. The molecule has 1 aromatic rings. The topological polar surface area (TPSA) is 59.2 Å². The Hall–Kier alpha value is -1.58. The highest BCUT2D eigenvalue weighted by atomic mass is 16.5. The van der Waals surface area contributed by atoms with Gasteiger partial charge in [-0.15, -0.1) is 0 Å². The van der Waals surface area contributed by atoms with Crippen LogP contribution in [0.25, 0.3) is 0 Å². The second-order valence-electron chi connectivity index (χ2n) is 3.69. The van der Waals surface area contributed by atoms with Crippen LogP contribution in [0.5, 0.6) is 0 Å². The van der Waals surface area contributed by atoms with Crippen molar-refractivity contribution in [2.75, 3.05) is 7.11 Å². The van der Waals surface area contributed by atoms with Gasteiger partial charge in [0.2, 0.25) is 0 Å². The lowest BCUT2D eigenvalue weighted by Gasteiger charge is -2.16. The van der Waals surface area contributed by atoms with Crippen LogP contribution in [0.4, 0.5) is 0 Å². The Labute approximate surface area is 87.3 Å². The van der Waals surface area contributed by atoms with Gasteiger partial charge in [0.25, 0.3) is 5.56 Å². The van der Waals surface area contributed by atoms with Crippen molar-refractivity contribution in [3.8, 4) is 0 Å². The van der Waals surface area contributed by atoms with Crippen molar-refractivity contribution in [2.45, 2.75) is 25.7 Å². The van der Waals surface area contributed by atoms with Crippen LogP contribution in [0.2, 0.25) is 0 Å². The summed E-state index contributed by atoms with van der Waals surface area (Å²) in [6, 6.07) is 0. The number of nitrogens with one attached hydrogen (secondary N) is 1. The van der Waals surface area contributed by atoms with E-state index in [1.165, 1.54) is 13.3 Å². The number of aromatic nitrogens is 1. The van der Waals surface area contributed by atoms with Gasteiger partial charge in [0.1, 0.15) is 0 Å². The summed E-state index contributed by atoms with van der Waals surface area (Å²) >= 11 is 0. The number of hydrogen-bond donors (Lipinski definition) is 1. The molecule has 0 radical (unpaired) electrons. The fraction of sp³-hybridized carbons (Fsp3) is 0.455. The fourth-order valence-electron chi connectivity index (χ4n) is 2.06.